The molecule has 0 unspecified atom stereocenters. The van der Waals surface area contributed by atoms with Crippen molar-refractivity contribution >= 4 is 5.97 Å². The van der Waals surface area contributed by atoms with E-state index in [1.54, 1.807) is 0 Å². The predicted molar refractivity (Wildman–Crippen MR) is 53.3 cm³/mol. The molecule has 0 radical (unpaired) electrons. The van der Waals surface area contributed by atoms with Gasteiger partial charge in [-0.25, -0.2) is 13.9 Å². The first-order valence-corrected chi connectivity index (χ1v) is 4.80. The normalized spacial score (nSPS) is 11.6. The molecule has 5 nitrogen and oxygen atoms in total. The van der Waals surface area contributed by atoms with Crippen LogP contribution in [0.3, 0.4) is 0 Å². The highest BCUT2D eigenvalue weighted by atomic mass is 19.4. The van der Waals surface area contributed by atoms with Gasteiger partial charge >= 0.3 is 12.1 Å². The van der Waals surface area contributed by atoms with Gasteiger partial charge < -0.3 is 5.11 Å². The van der Waals surface area contributed by atoms with Gasteiger partial charge in [-0.3, -0.25) is 4.98 Å². The third kappa shape index (κ3) is 2.26. The lowest BCUT2D eigenvalue weighted by molar-refractivity contribution is -0.143. The van der Waals surface area contributed by atoms with E-state index in [9.17, 15) is 22.4 Å². The summed E-state index contributed by atoms with van der Waals surface area (Å²) >= 11 is 0. The molecule has 19 heavy (non-hydrogen) atoms. The molecule has 9 heteroatoms. The Morgan fingerprint density at radius 1 is 1.32 bits per heavy atom. The van der Waals surface area contributed by atoms with E-state index in [4.69, 9.17) is 5.11 Å². The standard InChI is InChI=1S/C10H5F4N3O2/c11-6-4-15-2-1-7(6)17-8(10(12,13)14)5(3-16-17)9(18)19/h1-4H,(H,18,19). The van der Waals surface area contributed by atoms with E-state index < -0.39 is 34.9 Å². The van der Waals surface area contributed by atoms with Crippen LogP contribution in [0.4, 0.5) is 17.6 Å². The minimum absolute atomic E-state index is 0.195. The van der Waals surface area contributed by atoms with Crippen LogP contribution < -0.4 is 0 Å². The summed E-state index contributed by atoms with van der Waals surface area (Å²) < 4.78 is 52.2. The molecule has 0 bridgehead atoms. The molecule has 100 valence electrons. The van der Waals surface area contributed by atoms with Crippen LogP contribution in [0, 0.1) is 5.82 Å². The highest BCUT2D eigenvalue weighted by molar-refractivity contribution is 5.89. The van der Waals surface area contributed by atoms with Crippen LogP contribution in [-0.2, 0) is 6.18 Å². The fraction of sp³-hybridized carbons (Fsp3) is 0.100. The van der Waals surface area contributed by atoms with Gasteiger partial charge in [0.05, 0.1) is 12.4 Å². The van der Waals surface area contributed by atoms with Crippen LogP contribution in [0.15, 0.2) is 24.7 Å². The van der Waals surface area contributed by atoms with Gasteiger partial charge in [0.1, 0.15) is 11.3 Å². The number of halogens is 4. The number of carboxylic acids is 1. The number of rotatable bonds is 2. The molecule has 0 aliphatic heterocycles. The molecule has 0 atom stereocenters. The molecule has 2 heterocycles. The second-order valence-electron chi connectivity index (χ2n) is 3.45. The van der Waals surface area contributed by atoms with E-state index in [1.165, 1.54) is 0 Å². The molecular formula is C10H5F4N3O2. The van der Waals surface area contributed by atoms with Crippen molar-refractivity contribution in [1.82, 2.24) is 14.8 Å². The monoisotopic (exact) mass is 275 g/mol. The maximum absolute atomic E-state index is 13.4. The molecule has 0 aliphatic carbocycles. The topological polar surface area (TPSA) is 68.0 Å². The first kappa shape index (κ1) is 13.0. The smallest absolute Gasteiger partial charge is 0.434 e. The zero-order valence-electron chi connectivity index (χ0n) is 9.02. The molecule has 0 fully saturated rings. The Kier molecular flexibility index (Phi) is 2.97. The Balaban J connectivity index is 2.73. The van der Waals surface area contributed by atoms with Crippen molar-refractivity contribution in [3.8, 4) is 5.69 Å². The zero-order valence-corrected chi connectivity index (χ0v) is 9.02. The van der Waals surface area contributed by atoms with E-state index in [2.05, 4.69) is 10.1 Å². The highest BCUT2D eigenvalue weighted by Gasteiger charge is 2.41. The van der Waals surface area contributed by atoms with Gasteiger partial charge in [-0.05, 0) is 6.07 Å². The molecule has 0 saturated carbocycles. The van der Waals surface area contributed by atoms with Gasteiger partial charge in [0, 0.05) is 6.20 Å². The molecule has 0 saturated heterocycles. The SMILES string of the molecule is O=C(O)c1cnn(-c2ccncc2F)c1C(F)(F)F. The molecule has 0 spiro atoms. The summed E-state index contributed by atoms with van der Waals surface area (Å²) in [5, 5.41) is 12.0. The van der Waals surface area contributed by atoms with Crippen LogP contribution in [-0.4, -0.2) is 25.8 Å². The van der Waals surface area contributed by atoms with Gasteiger partial charge in [0.15, 0.2) is 11.5 Å². The number of carbonyl (C=O) groups is 1. The summed E-state index contributed by atoms with van der Waals surface area (Å²) in [6.07, 6.45) is -2.69. The number of pyridine rings is 1. The summed E-state index contributed by atoms with van der Waals surface area (Å²) in [5.74, 6) is -2.85. The van der Waals surface area contributed by atoms with E-state index in [0.29, 0.717) is 12.4 Å². The lowest BCUT2D eigenvalue weighted by atomic mass is 10.2. The number of alkyl halides is 3. The van der Waals surface area contributed by atoms with E-state index in [1.807, 2.05) is 0 Å². The van der Waals surface area contributed by atoms with Crippen molar-refractivity contribution in [2.75, 3.05) is 0 Å². The van der Waals surface area contributed by atoms with Gasteiger partial charge in [-0.1, -0.05) is 0 Å². The number of aromatic carboxylic acids is 1. The van der Waals surface area contributed by atoms with Crippen LogP contribution >= 0.6 is 0 Å². The van der Waals surface area contributed by atoms with Gasteiger partial charge in [0.2, 0.25) is 0 Å². The molecule has 2 aromatic rings. The third-order valence-electron chi connectivity index (χ3n) is 2.25. The summed E-state index contributed by atoms with van der Waals surface area (Å²) in [5.41, 5.74) is -3.14. The molecule has 2 aromatic heterocycles. The third-order valence-corrected chi connectivity index (χ3v) is 2.25. The summed E-state index contributed by atoms with van der Waals surface area (Å²) in [4.78, 5) is 14.1. The Bertz CT molecular complexity index is 636. The lowest BCUT2D eigenvalue weighted by Gasteiger charge is -2.11. The minimum Gasteiger partial charge on any atom is -0.478 e. The quantitative estimate of drug-likeness (QED) is 0.852. The van der Waals surface area contributed by atoms with Crippen LogP contribution in [0.5, 0.6) is 0 Å². The second kappa shape index (κ2) is 4.34. The summed E-state index contributed by atoms with van der Waals surface area (Å²) in [6, 6.07) is 0.962. The van der Waals surface area contributed by atoms with Crippen LogP contribution in [0.25, 0.3) is 5.69 Å². The number of hydrogen-bond acceptors (Lipinski definition) is 3. The predicted octanol–water partition coefficient (Wildman–Crippen LogP) is 2.12. The first-order valence-electron chi connectivity index (χ1n) is 4.80. The summed E-state index contributed by atoms with van der Waals surface area (Å²) in [6.45, 7) is 0. The number of carboxylic acid groups (broad SMARTS) is 1. The molecule has 0 amide bonds. The molecular weight excluding hydrogens is 270 g/mol. The van der Waals surface area contributed by atoms with Gasteiger partial charge in [-0.15, -0.1) is 0 Å². The maximum Gasteiger partial charge on any atom is 0.434 e. The van der Waals surface area contributed by atoms with Crippen molar-refractivity contribution < 1.29 is 27.5 Å². The first-order chi connectivity index (χ1) is 8.82. The Labute approximate surface area is 103 Å². The van der Waals surface area contributed by atoms with Crippen molar-refractivity contribution in [3.63, 3.8) is 0 Å². The number of aromatic nitrogens is 3. The van der Waals surface area contributed by atoms with Gasteiger partial charge in [0.25, 0.3) is 0 Å². The second-order valence-corrected chi connectivity index (χ2v) is 3.45. The van der Waals surface area contributed by atoms with Crippen molar-refractivity contribution in [3.05, 3.63) is 41.7 Å². The summed E-state index contributed by atoms with van der Waals surface area (Å²) in [7, 11) is 0. The largest absolute Gasteiger partial charge is 0.478 e. The van der Waals surface area contributed by atoms with Gasteiger partial charge in [-0.2, -0.15) is 18.3 Å². The van der Waals surface area contributed by atoms with Crippen molar-refractivity contribution in [2.45, 2.75) is 6.18 Å². The Hall–Kier alpha value is -2.45. The fourth-order valence-corrected chi connectivity index (χ4v) is 1.50. The number of hydrogen-bond donors (Lipinski definition) is 1. The van der Waals surface area contributed by atoms with Crippen molar-refractivity contribution in [1.29, 1.82) is 0 Å². The molecule has 0 aromatic carbocycles. The zero-order chi connectivity index (χ0) is 14.2. The molecule has 2 rings (SSSR count). The lowest BCUT2D eigenvalue weighted by Crippen LogP contribution is -2.18. The average Bonchev–Trinajstić information content (AvgIpc) is 2.73. The maximum atomic E-state index is 13.4. The molecule has 0 aliphatic rings. The van der Waals surface area contributed by atoms with E-state index in [0.717, 1.165) is 12.3 Å². The fourth-order valence-electron chi connectivity index (χ4n) is 1.50. The molecule has 1 N–H and O–H groups in total. The minimum atomic E-state index is -4.99. The van der Waals surface area contributed by atoms with E-state index in [-0.39, 0.29) is 4.68 Å². The number of nitrogens with zero attached hydrogens (tertiary/aromatic N) is 3. The Morgan fingerprint density at radius 2 is 2.00 bits per heavy atom. The van der Waals surface area contributed by atoms with E-state index >= 15 is 0 Å². The Morgan fingerprint density at radius 3 is 2.53 bits per heavy atom. The van der Waals surface area contributed by atoms with Crippen LogP contribution in [0.1, 0.15) is 16.1 Å². The van der Waals surface area contributed by atoms with Crippen LogP contribution in [0.2, 0.25) is 0 Å². The average molecular weight is 275 g/mol. The van der Waals surface area contributed by atoms with Crippen molar-refractivity contribution in [2.24, 2.45) is 0 Å². The highest BCUT2D eigenvalue weighted by Crippen LogP contribution is 2.33.